The topological polar surface area (TPSA) is 115 Å². The van der Waals surface area contributed by atoms with Gasteiger partial charge in [0.2, 0.25) is 0 Å². The van der Waals surface area contributed by atoms with Crippen LogP contribution < -0.4 is 11.6 Å². The van der Waals surface area contributed by atoms with Crippen molar-refractivity contribution in [3.05, 3.63) is 72.1 Å². The molecule has 2 aliphatic rings. The zero-order valence-electron chi connectivity index (χ0n) is 22.2. The molecule has 3 atom stereocenters. The third kappa shape index (κ3) is 8.46. The summed E-state index contributed by atoms with van der Waals surface area (Å²) in [4.78, 5) is 13.5. The first-order valence-electron chi connectivity index (χ1n) is 12.9. The Hall–Kier alpha value is -2.60. The maximum atomic E-state index is 6.35. The van der Waals surface area contributed by atoms with Gasteiger partial charge in [-0.1, -0.05) is 12.1 Å². The van der Waals surface area contributed by atoms with Gasteiger partial charge in [-0.3, -0.25) is 19.8 Å². The van der Waals surface area contributed by atoms with E-state index in [0.29, 0.717) is 25.4 Å². The second kappa shape index (κ2) is 12.8. The van der Waals surface area contributed by atoms with E-state index < -0.39 is 5.79 Å². The average Bonchev–Trinajstić information content (AvgIpc) is 3.18. The minimum atomic E-state index is -0.598. The van der Waals surface area contributed by atoms with Gasteiger partial charge >= 0.3 is 0 Å². The van der Waals surface area contributed by atoms with Crippen LogP contribution in [0.1, 0.15) is 31.7 Å². The lowest BCUT2D eigenvalue weighted by Crippen LogP contribution is -2.49. The Morgan fingerprint density at radius 3 is 2.35 bits per heavy atom. The van der Waals surface area contributed by atoms with Crippen molar-refractivity contribution in [2.24, 2.45) is 11.6 Å². The molecular formula is C27H41N7O3. The van der Waals surface area contributed by atoms with Crippen LogP contribution >= 0.6 is 0 Å². The fourth-order valence-electron chi connectivity index (χ4n) is 4.86. The van der Waals surface area contributed by atoms with E-state index in [0.717, 1.165) is 44.0 Å². The molecule has 0 bridgehead atoms. The first kappa shape index (κ1) is 27.4. The van der Waals surface area contributed by atoms with Gasteiger partial charge in [0, 0.05) is 63.6 Å². The molecule has 4 heterocycles. The van der Waals surface area contributed by atoms with Crippen LogP contribution in [0.4, 0.5) is 0 Å². The number of pyridine rings is 2. The number of fused-ring (bicyclic) bond motifs is 1. The molecule has 2 saturated heterocycles. The van der Waals surface area contributed by atoms with Gasteiger partial charge in [-0.25, -0.2) is 5.84 Å². The Morgan fingerprint density at radius 2 is 1.73 bits per heavy atom. The van der Waals surface area contributed by atoms with E-state index in [1.165, 1.54) is 0 Å². The number of hydrazine groups is 1. The van der Waals surface area contributed by atoms with E-state index in [2.05, 4.69) is 26.8 Å². The van der Waals surface area contributed by atoms with E-state index in [1.54, 1.807) is 11.2 Å². The van der Waals surface area contributed by atoms with Gasteiger partial charge in [-0.2, -0.15) is 0 Å². The second-order valence-corrected chi connectivity index (χ2v) is 10.3. The van der Waals surface area contributed by atoms with Gasteiger partial charge in [0.15, 0.2) is 5.79 Å². The van der Waals surface area contributed by atoms with Crippen molar-refractivity contribution in [2.45, 2.75) is 57.5 Å². The van der Waals surface area contributed by atoms with Gasteiger partial charge in [-0.15, -0.1) is 0 Å². The van der Waals surface area contributed by atoms with E-state index in [-0.39, 0.29) is 18.3 Å². The van der Waals surface area contributed by atoms with Crippen molar-refractivity contribution in [1.82, 2.24) is 24.8 Å². The molecule has 2 fully saturated rings. The Labute approximate surface area is 220 Å². The predicted octanol–water partition coefficient (Wildman–Crippen LogP) is 1.70. The molecule has 37 heavy (non-hydrogen) atoms. The molecule has 2 aliphatic heterocycles. The highest BCUT2D eigenvalue weighted by molar-refractivity contribution is 5.06. The molecule has 202 valence electrons. The van der Waals surface area contributed by atoms with Crippen LogP contribution in [0.3, 0.4) is 0 Å². The largest absolute Gasteiger partial charge is 0.400 e. The Kier molecular flexibility index (Phi) is 9.47. The summed E-state index contributed by atoms with van der Waals surface area (Å²) in [6.07, 6.45) is 6.01. The molecule has 4 N–H and O–H groups in total. The maximum Gasteiger partial charge on any atom is 0.163 e. The molecule has 0 spiro atoms. The quantitative estimate of drug-likeness (QED) is 0.322. The highest BCUT2D eigenvalue weighted by Gasteiger charge is 2.47. The Morgan fingerprint density at radius 1 is 1.05 bits per heavy atom. The lowest BCUT2D eigenvalue weighted by molar-refractivity contribution is -0.154. The molecule has 0 aromatic carbocycles. The van der Waals surface area contributed by atoms with Crippen molar-refractivity contribution in [3.63, 3.8) is 0 Å². The van der Waals surface area contributed by atoms with E-state index >= 15 is 0 Å². The Bertz CT molecular complexity index is 951. The summed E-state index contributed by atoms with van der Waals surface area (Å²) in [7, 11) is 2.06. The summed E-state index contributed by atoms with van der Waals surface area (Å²) in [5.74, 6) is 5.69. The summed E-state index contributed by atoms with van der Waals surface area (Å²) in [6, 6.07) is 12.0. The smallest absolute Gasteiger partial charge is 0.163 e. The molecule has 2 unspecified atom stereocenters. The van der Waals surface area contributed by atoms with Crippen LogP contribution in [-0.2, 0) is 27.3 Å². The van der Waals surface area contributed by atoms with Crippen molar-refractivity contribution in [3.8, 4) is 0 Å². The van der Waals surface area contributed by atoms with Gasteiger partial charge in [-0.05, 0) is 51.6 Å². The van der Waals surface area contributed by atoms with E-state index in [1.807, 2.05) is 62.6 Å². The van der Waals surface area contributed by atoms with Gasteiger partial charge in [0.25, 0.3) is 0 Å². The predicted molar refractivity (Wildman–Crippen MR) is 141 cm³/mol. The number of nitrogens with zero attached hydrogens (tertiary/aromatic N) is 5. The molecule has 0 amide bonds. The molecule has 2 aromatic rings. The number of hydrogen-bond donors (Lipinski definition) is 2. The van der Waals surface area contributed by atoms with Crippen LogP contribution in [0.2, 0.25) is 0 Å². The highest BCUT2D eigenvalue weighted by atomic mass is 16.8. The number of rotatable bonds is 12. The minimum Gasteiger partial charge on any atom is -0.400 e. The van der Waals surface area contributed by atoms with Crippen molar-refractivity contribution < 1.29 is 14.2 Å². The first-order valence-corrected chi connectivity index (χ1v) is 12.9. The minimum absolute atomic E-state index is 0.0368. The number of ether oxygens (including phenoxy) is 3. The van der Waals surface area contributed by atoms with E-state index in [9.17, 15) is 0 Å². The fraction of sp³-hybridized carbons (Fsp3) is 0.556. The lowest BCUT2D eigenvalue weighted by Gasteiger charge is -2.33. The van der Waals surface area contributed by atoms with Crippen LogP contribution in [0, 0.1) is 0 Å². The zero-order chi connectivity index (χ0) is 26.3. The molecule has 0 saturated carbocycles. The number of nitrogens with two attached hydrogens (primary N) is 2. The SMILES string of the molecule is CN(CCN(Cc1ccccn1)Cc1ccccn1)C/C(N)=C/N(N)CC1OCC[C@H]2OC(C)(C)OC12. The van der Waals surface area contributed by atoms with Gasteiger partial charge < -0.3 is 25.0 Å². The zero-order valence-corrected chi connectivity index (χ0v) is 22.2. The maximum absolute atomic E-state index is 6.35. The molecule has 0 aliphatic carbocycles. The van der Waals surface area contributed by atoms with Crippen LogP contribution in [0.15, 0.2) is 60.7 Å². The van der Waals surface area contributed by atoms with Crippen molar-refractivity contribution in [1.29, 1.82) is 0 Å². The molecule has 4 rings (SSSR count). The second-order valence-electron chi connectivity index (χ2n) is 10.3. The number of aromatic nitrogens is 2. The summed E-state index contributed by atoms with van der Waals surface area (Å²) >= 11 is 0. The van der Waals surface area contributed by atoms with Gasteiger partial charge in [0.05, 0.1) is 24.0 Å². The Balaban J connectivity index is 1.27. The summed E-state index contributed by atoms with van der Waals surface area (Å²) in [5.41, 5.74) is 9.10. The standard InChI is InChI=1S/C27H41N7O3/c1-27(2)36-24-10-15-35-25(26(24)37-27)20-34(29)17-21(28)16-32(3)13-14-33(18-22-8-4-6-11-30-22)19-23-9-5-7-12-31-23/h4-9,11-12,17,24-26H,10,13-16,18-20,28-29H2,1-3H3/b21-17-/t24-,25?,26?/m1/s1. The molecule has 10 nitrogen and oxygen atoms in total. The third-order valence-corrected chi connectivity index (χ3v) is 6.52. The molecule has 2 aromatic heterocycles. The number of hydrogen-bond acceptors (Lipinski definition) is 10. The highest BCUT2D eigenvalue weighted by Crippen LogP contribution is 2.35. The van der Waals surface area contributed by atoms with Crippen LogP contribution in [0.25, 0.3) is 0 Å². The van der Waals surface area contributed by atoms with Gasteiger partial charge in [0.1, 0.15) is 12.2 Å². The normalized spacial score (nSPS) is 23.4. The first-order chi connectivity index (χ1) is 17.8. The monoisotopic (exact) mass is 511 g/mol. The number of likely N-dealkylation sites (N-methyl/N-ethyl adjacent to an activating group) is 1. The van der Waals surface area contributed by atoms with E-state index in [4.69, 9.17) is 25.8 Å². The third-order valence-electron chi connectivity index (χ3n) is 6.52. The van der Waals surface area contributed by atoms with Crippen molar-refractivity contribution >= 4 is 0 Å². The molecular weight excluding hydrogens is 470 g/mol. The lowest BCUT2D eigenvalue weighted by atomic mass is 10.0. The summed E-state index contributed by atoms with van der Waals surface area (Å²) < 4.78 is 18.0. The average molecular weight is 512 g/mol. The van der Waals surface area contributed by atoms with Crippen molar-refractivity contribution in [2.75, 3.05) is 39.8 Å². The summed E-state index contributed by atoms with van der Waals surface area (Å²) in [5, 5.41) is 1.60. The van der Waals surface area contributed by atoms with Crippen LogP contribution in [0.5, 0.6) is 0 Å². The molecule has 0 radical (unpaired) electrons. The molecule has 10 heteroatoms. The fourth-order valence-corrected chi connectivity index (χ4v) is 4.86. The van der Waals surface area contributed by atoms with Crippen LogP contribution in [-0.4, -0.2) is 88.7 Å². The summed E-state index contributed by atoms with van der Waals surface area (Å²) in [6.45, 7) is 8.75.